The molecule has 2 nitrogen and oxygen atoms in total. The third-order valence-electron chi connectivity index (χ3n) is 2.08. The van der Waals surface area contributed by atoms with Crippen LogP contribution in [0, 0.1) is 0 Å². The minimum absolute atomic E-state index is 0.0722. The van der Waals surface area contributed by atoms with E-state index in [4.69, 9.17) is 5.73 Å². The van der Waals surface area contributed by atoms with Crippen LogP contribution in [0.4, 0.5) is 0 Å². The van der Waals surface area contributed by atoms with Crippen molar-refractivity contribution < 1.29 is 0 Å². The third-order valence-corrected chi connectivity index (χ3v) is 2.18. The van der Waals surface area contributed by atoms with Gasteiger partial charge in [-0.15, -0.1) is 0 Å². The minimum Gasteiger partial charge on any atom is -0.331 e. The summed E-state index contributed by atoms with van der Waals surface area (Å²) in [6, 6.07) is 8.15. The van der Waals surface area contributed by atoms with Crippen LogP contribution < -0.4 is 11.1 Å². The first-order chi connectivity index (χ1) is 6.27. The highest BCUT2D eigenvalue weighted by molar-refractivity contribution is 7.80. The summed E-state index contributed by atoms with van der Waals surface area (Å²) in [5.41, 5.74) is 10.6. The molecule has 0 heterocycles. The molecule has 0 bridgehead atoms. The van der Waals surface area contributed by atoms with E-state index in [0.717, 1.165) is 17.7 Å². The number of fused-ring (bicyclic) bond motifs is 1. The number of benzene rings is 1. The highest BCUT2D eigenvalue weighted by Gasteiger charge is 2.12. The summed E-state index contributed by atoms with van der Waals surface area (Å²) in [6.07, 6.45) is 2.99. The summed E-state index contributed by atoms with van der Waals surface area (Å²) in [5, 5.41) is 2.93. The molecular weight excluding hydrogens is 180 g/mol. The van der Waals surface area contributed by atoms with Gasteiger partial charge < -0.3 is 5.32 Å². The largest absolute Gasteiger partial charge is 0.331 e. The van der Waals surface area contributed by atoms with Crippen molar-refractivity contribution in [2.45, 2.75) is 6.42 Å². The van der Waals surface area contributed by atoms with E-state index in [2.05, 4.69) is 29.7 Å². The molecule has 0 aromatic heterocycles. The molecule has 3 heteroatoms. The molecule has 1 aliphatic rings. The van der Waals surface area contributed by atoms with Gasteiger partial charge in [-0.25, -0.2) is 0 Å². The molecule has 2 rings (SSSR count). The Morgan fingerprint density at radius 3 is 2.92 bits per heavy atom. The fourth-order valence-electron chi connectivity index (χ4n) is 1.52. The van der Waals surface area contributed by atoms with Gasteiger partial charge in [0.25, 0.3) is 0 Å². The molecule has 2 N–H and O–H groups in total. The van der Waals surface area contributed by atoms with E-state index in [1.165, 1.54) is 5.56 Å². The fourth-order valence-corrected chi connectivity index (χ4v) is 1.63. The van der Waals surface area contributed by atoms with E-state index in [9.17, 15) is 0 Å². The first kappa shape index (κ1) is 8.26. The molecule has 1 aromatic carbocycles. The van der Waals surface area contributed by atoms with Crippen LogP contribution in [0.1, 0.15) is 11.1 Å². The predicted molar refractivity (Wildman–Crippen MR) is 57.0 cm³/mol. The van der Waals surface area contributed by atoms with Gasteiger partial charge in [0.2, 0.25) is 0 Å². The summed E-state index contributed by atoms with van der Waals surface area (Å²) in [5.74, 6) is 0. The molecule has 0 saturated heterocycles. The van der Waals surface area contributed by atoms with Crippen LogP contribution in [-0.2, 0) is 6.42 Å². The molecule has 13 heavy (non-hydrogen) atoms. The molecule has 0 spiro atoms. The molecule has 0 fully saturated rings. The van der Waals surface area contributed by atoms with Crippen LogP contribution in [0.15, 0.2) is 30.3 Å². The minimum atomic E-state index is 0.0722. The molecular formula is C10H9N2S. The highest BCUT2D eigenvalue weighted by atomic mass is 32.1. The molecule has 0 aliphatic heterocycles. The number of allylic oxidation sites excluding steroid dienone is 1. The Kier molecular flexibility index (Phi) is 2.02. The van der Waals surface area contributed by atoms with Crippen molar-refractivity contribution in [3.63, 3.8) is 0 Å². The maximum absolute atomic E-state index is 7.16. The Bertz CT molecular complexity index is 382. The topological polar surface area (TPSA) is 35.8 Å². The second-order valence-electron chi connectivity index (χ2n) is 2.93. The maximum Gasteiger partial charge on any atom is 0.189 e. The van der Waals surface area contributed by atoms with Crippen LogP contribution in [0.3, 0.4) is 0 Å². The molecule has 1 radical (unpaired) electrons. The SMILES string of the molecule is [NH]C(=S)NC1=CCc2ccccc21. The monoisotopic (exact) mass is 189 g/mol. The number of hydrogen-bond acceptors (Lipinski definition) is 1. The fraction of sp³-hybridized carbons (Fsp3) is 0.100. The molecule has 0 amide bonds. The van der Waals surface area contributed by atoms with Crippen LogP contribution in [0.2, 0.25) is 0 Å². The van der Waals surface area contributed by atoms with Crippen LogP contribution in [0.25, 0.3) is 5.70 Å². The van der Waals surface area contributed by atoms with Gasteiger partial charge in [0.05, 0.1) is 0 Å². The van der Waals surface area contributed by atoms with Crippen LogP contribution >= 0.6 is 12.2 Å². The van der Waals surface area contributed by atoms with Crippen molar-refractivity contribution in [2.24, 2.45) is 0 Å². The molecule has 0 unspecified atom stereocenters. The second kappa shape index (κ2) is 3.18. The third kappa shape index (κ3) is 1.55. The van der Waals surface area contributed by atoms with Crippen molar-refractivity contribution >= 4 is 23.0 Å². The lowest BCUT2D eigenvalue weighted by Gasteiger charge is -2.05. The summed E-state index contributed by atoms with van der Waals surface area (Å²) in [6.45, 7) is 0. The summed E-state index contributed by atoms with van der Waals surface area (Å²) < 4.78 is 0. The summed E-state index contributed by atoms with van der Waals surface area (Å²) in [4.78, 5) is 0. The molecule has 65 valence electrons. The van der Waals surface area contributed by atoms with Crippen molar-refractivity contribution in [1.82, 2.24) is 11.1 Å². The smallest absolute Gasteiger partial charge is 0.189 e. The van der Waals surface area contributed by atoms with Crippen molar-refractivity contribution in [2.75, 3.05) is 0 Å². The maximum atomic E-state index is 7.16. The van der Waals surface area contributed by atoms with Gasteiger partial charge >= 0.3 is 0 Å². The quantitative estimate of drug-likeness (QED) is 0.683. The van der Waals surface area contributed by atoms with Crippen molar-refractivity contribution in [1.29, 1.82) is 0 Å². The Morgan fingerprint density at radius 2 is 2.15 bits per heavy atom. The van der Waals surface area contributed by atoms with Gasteiger partial charge in [0, 0.05) is 11.3 Å². The van der Waals surface area contributed by atoms with Crippen LogP contribution in [0.5, 0.6) is 0 Å². The Hall–Kier alpha value is -1.35. The van der Waals surface area contributed by atoms with Gasteiger partial charge in [-0.05, 0) is 24.2 Å². The van der Waals surface area contributed by atoms with Gasteiger partial charge in [-0.2, -0.15) is 0 Å². The van der Waals surface area contributed by atoms with Gasteiger partial charge in [0.1, 0.15) is 0 Å². The first-order valence-corrected chi connectivity index (χ1v) is 4.49. The van der Waals surface area contributed by atoms with Crippen molar-refractivity contribution in [3.8, 4) is 0 Å². The molecule has 1 aliphatic carbocycles. The van der Waals surface area contributed by atoms with Crippen molar-refractivity contribution in [3.05, 3.63) is 41.5 Å². The average molecular weight is 189 g/mol. The molecule has 0 atom stereocenters. The number of thiocarbonyl (C=S) groups is 1. The predicted octanol–water partition coefficient (Wildman–Crippen LogP) is 1.74. The van der Waals surface area contributed by atoms with Gasteiger partial charge in [0.15, 0.2) is 5.11 Å². The van der Waals surface area contributed by atoms with E-state index >= 15 is 0 Å². The Morgan fingerprint density at radius 1 is 1.38 bits per heavy atom. The lowest BCUT2D eigenvalue weighted by Crippen LogP contribution is -2.19. The zero-order chi connectivity index (χ0) is 9.26. The summed E-state index contributed by atoms with van der Waals surface area (Å²) >= 11 is 4.68. The van der Waals surface area contributed by atoms with Gasteiger partial charge in [-0.1, -0.05) is 30.3 Å². The molecule has 1 aromatic rings. The first-order valence-electron chi connectivity index (χ1n) is 4.08. The number of hydrogen-bond donors (Lipinski definition) is 1. The van der Waals surface area contributed by atoms with E-state index in [0.29, 0.717) is 0 Å². The van der Waals surface area contributed by atoms with Gasteiger partial charge in [-0.3, -0.25) is 5.73 Å². The van der Waals surface area contributed by atoms with E-state index in [1.807, 2.05) is 18.2 Å². The number of rotatable bonds is 1. The van der Waals surface area contributed by atoms with E-state index in [1.54, 1.807) is 0 Å². The highest BCUT2D eigenvalue weighted by Crippen LogP contribution is 2.24. The zero-order valence-corrected chi connectivity index (χ0v) is 7.82. The van der Waals surface area contributed by atoms with E-state index in [-0.39, 0.29) is 5.11 Å². The number of nitrogens with one attached hydrogen (secondary N) is 2. The Balaban J connectivity index is 2.31. The Labute approximate surface area is 82.4 Å². The van der Waals surface area contributed by atoms with E-state index < -0.39 is 0 Å². The summed E-state index contributed by atoms with van der Waals surface area (Å²) in [7, 11) is 0. The zero-order valence-electron chi connectivity index (χ0n) is 7.00. The van der Waals surface area contributed by atoms with Crippen LogP contribution in [-0.4, -0.2) is 5.11 Å². The lowest BCUT2D eigenvalue weighted by molar-refractivity contribution is 1.29. The second-order valence-corrected chi connectivity index (χ2v) is 3.34. The average Bonchev–Trinajstić information content (AvgIpc) is 2.48. The lowest BCUT2D eigenvalue weighted by atomic mass is 10.1. The molecule has 0 saturated carbocycles. The normalized spacial score (nSPS) is 13.4. The standard InChI is InChI=1S/C10H9N2S/c11-10(13)12-9-6-5-7-3-1-2-4-8(7)9/h1-4,6,11H,5H2,(H,12,13).